The number of anilines is 6. The molecular weight excluding hydrogens is 749 g/mol. The highest BCUT2D eigenvalue weighted by Crippen LogP contribution is 2.40. The van der Waals surface area contributed by atoms with Crippen LogP contribution in [0.15, 0.2) is 206 Å². The number of nitrogens with zero attached hydrogens (tertiary/aromatic N) is 2. The summed E-state index contributed by atoms with van der Waals surface area (Å²) in [6.45, 7) is 9.02. The van der Waals surface area contributed by atoms with Crippen molar-refractivity contribution < 1.29 is 0 Å². The summed E-state index contributed by atoms with van der Waals surface area (Å²) < 4.78 is 0. The van der Waals surface area contributed by atoms with E-state index in [2.05, 4.69) is 256 Å². The van der Waals surface area contributed by atoms with E-state index in [1.54, 1.807) is 0 Å². The van der Waals surface area contributed by atoms with Crippen molar-refractivity contribution in [2.75, 3.05) is 9.80 Å². The van der Waals surface area contributed by atoms with Gasteiger partial charge >= 0.3 is 0 Å². The Balaban J connectivity index is 0.956. The number of fused-ring (bicyclic) bond motifs is 4. The third-order valence-electron chi connectivity index (χ3n) is 12.3. The molecule has 0 aliphatic rings. The lowest BCUT2D eigenvalue weighted by molar-refractivity contribution is 0.868. The molecule has 62 heavy (non-hydrogen) atoms. The van der Waals surface area contributed by atoms with E-state index in [1.165, 1.54) is 54.2 Å². The molecule has 0 amide bonds. The van der Waals surface area contributed by atoms with Crippen molar-refractivity contribution in [1.82, 2.24) is 0 Å². The summed E-state index contributed by atoms with van der Waals surface area (Å²) in [4.78, 5) is 4.74. The Labute approximate surface area is 365 Å². The second-order valence-corrected chi connectivity index (χ2v) is 17.1. The minimum absolute atomic E-state index is 0.470. The van der Waals surface area contributed by atoms with Crippen molar-refractivity contribution in [1.29, 1.82) is 0 Å². The summed E-state index contributed by atoms with van der Waals surface area (Å²) in [5.74, 6) is 0.961. The molecule has 0 fully saturated rings. The van der Waals surface area contributed by atoms with E-state index >= 15 is 0 Å². The topological polar surface area (TPSA) is 6.48 Å². The van der Waals surface area contributed by atoms with Gasteiger partial charge in [-0.15, -0.1) is 0 Å². The van der Waals surface area contributed by atoms with Crippen LogP contribution < -0.4 is 9.80 Å². The minimum atomic E-state index is 0.470. The van der Waals surface area contributed by atoms with Gasteiger partial charge in [0.15, 0.2) is 0 Å². The highest BCUT2D eigenvalue weighted by molar-refractivity contribution is 5.95. The van der Waals surface area contributed by atoms with Crippen LogP contribution >= 0.6 is 0 Å². The minimum Gasteiger partial charge on any atom is -0.310 e. The number of hydrogen-bond donors (Lipinski definition) is 0. The molecule has 2 heteroatoms. The van der Waals surface area contributed by atoms with Crippen LogP contribution in [0.1, 0.15) is 61.8 Å². The predicted molar refractivity (Wildman–Crippen MR) is 269 cm³/mol. The fourth-order valence-corrected chi connectivity index (χ4v) is 8.69. The second-order valence-electron chi connectivity index (χ2n) is 17.1. The average Bonchev–Trinajstić information content (AvgIpc) is 3.31. The highest BCUT2D eigenvalue weighted by atomic mass is 15.1. The maximum atomic E-state index is 2.37. The Morgan fingerprint density at radius 1 is 0.274 bits per heavy atom. The lowest BCUT2D eigenvalue weighted by Gasteiger charge is -2.26. The fourth-order valence-electron chi connectivity index (χ4n) is 8.69. The normalized spacial score (nSPS) is 11.8. The molecule has 300 valence electrons. The molecule has 2 nitrogen and oxygen atoms in total. The predicted octanol–water partition coefficient (Wildman–Crippen LogP) is 17.7. The molecule has 0 saturated heterocycles. The van der Waals surface area contributed by atoms with Gasteiger partial charge in [-0.25, -0.2) is 0 Å². The van der Waals surface area contributed by atoms with Gasteiger partial charge in [0.25, 0.3) is 0 Å². The smallest absolute Gasteiger partial charge is 0.0468 e. The van der Waals surface area contributed by atoms with Crippen molar-refractivity contribution in [3.05, 3.63) is 229 Å². The molecule has 10 aromatic carbocycles. The van der Waals surface area contributed by atoms with Crippen LogP contribution in [0.3, 0.4) is 0 Å². The van der Waals surface area contributed by atoms with Crippen molar-refractivity contribution >= 4 is 89.4 Å². The van der Waals surface area contributed by atoms with Crippen LogP contribution in [0.25, 0.3) is 55.2 Å². The maximum Gasteiger partial charge on any atom is 0.0468 e. The molecule has 0 N–H and O–H groups in total. The van der Waals surface area contributed by atoms with E-state index in [4.69, 9.17) is 0 Å². The van der Waals surface area contributed by atoms with Crippen LogP contribution in [0.5, 0.6) is 0 Å². The molecule has 0 unspecified atom stereocenters. The van der Waals surface area contributed by atoms with Crippen molar-refractivity contribution in [2.24, 2.45) is 0 Å². The zero-order valence-corrected chi connectivity index (χ0v) is 35.8. The molecule has 0 aliphatic heterocycles. The Morgan fingerprint density at radius 3 is 1.00 bits per heavy atom. The first-order valence-electron chi connectivity index (χ1n) is 21.9. The summed E-state index contributed by atoms with van der Waals surface area (Å²) in [7, 11) is 0. The SMILES string of the molecule is CC(C)c1ccc2cc(N(c3ccc(C=Cc4ccc(N(c5ccc6ccccc6c5)c5ccc6ccc(C(C)C)cc6c5)cc4)cc3)c3ccc4ccccc4c3)ccc2c1. The Bertz CT molecular complexity index is 3250. The van der Waals surface area contributed by atoms with E-state index in [-0.39, 0.29) is 0 Å². The van der Waals surface area contributed by atoms with Crippen molar-refractivity contribution in [2.45, 2.75) is 39.5 Å². The van der Waals surface area contributed by atoms with Crippen LogP contribution in [0, 0.1) is 0 Å². The second kappa shape index (κ2) is 16.6. The van der Waals surface area contributed by atoms with Crippen LogP contribution in [0.4, 0.5) is 34.1 Å². The summed E-state index contributed by atoms with van der Waals surface area (Å²) in [6, 6.07) is 75.8. The van der Waals surface area contributed by atoms with Gasteiger partial charge in [-0.05, 0) is 150 Å². The third-order valence-corrected chi connectivity index (χ3v) is 12.3. The first-order valence-corrected chi connectivity index (χ1v) is 21.9. The summed E-state index contributed by atoms with van der Waals surface area (Å²) in [5, 5.41) is 9.92. The first kappa shape index (κ1) is 38.8. The Kier molecular flexibility index (Phi) is 10.4. The quantitative estimate of drug-likeness (QED) is 0.127. The lowest BCUT2D eigenvalue weighted by Crippen LogP contribution is -2.10. The molecule has 0 aliphatic carbocycles. The molecule has 0 aromatic heterocycles. The largest absolute Gasteiger partial charge is 0.310 e. The van der Waals surface area contributed by atoms with E-state index < -0.39 is 0 Å². The first-order chi connectivity index (χ1) is 30.3. The molecule has 0 heterocycles. The van der Waals surface area contributed by atoms with Crippen LogP contribution in [-0.2, 0) is 0 Å². The van der Waals surface area contributed by atoms with Gasteiger partial charge in [-0.2, -0.15) is 0 Å². The summed E-state index contributed by atoms with van der Waals surface area (Å²) >= 11 is 0. The van der Waals surface area contributed by atoms with Gasteiger partial charge in [-0.3, -0.25) is 0 Å². The average molecular weight is 799 g/mol. The van der Waals surface area contributed by atoms with Gasteiger partial charge in [0.1, 0.15) is 0 Å². The molecule has 10 rings (SSSR count). The number of rotatable bonds is 10. The van der Waals surface area contributed by atoms with Crippen molar-refractivity contribution in [3.8, 4) is 0 Å². The monoisotopic (exact) mass is 798 g/mol. The van der Waals surface area contributed by atoms with E-state index in [9.17, 15) is 0 Å². The zero-order valence-electron chi connectivity index (χ0n) is 35.8. The third kappa shape index (κ3) is 7.84. The van der Waals surface area contributed by atoms with Crippen LogP contribution in [0.2, 0.25) is 0 Å². The molecule has 0 saturated carbocycles. The zero-order chi connectivity index (χ0) is 42.2. The van der Waals surface area contributed by atoms with E-state index in [0.717, 1.165) is 45.3 Å². The highest BCUT2D eigenvalue weighted by Gasteiger charge is 2.16. The van der Waals surface area contributed by atoms with E-state index in [0.29, 0.717) is 11.8 Å². The van der Waals surface area contributed by atoms with Gasteiger partial charge in [0.2, 0.25) is 0 Å². The van der Waals surface area contributed by atoms with Gasteiger partial charge < -0.3 is 9.80 Å². The van der Waals surface area contributed by atoms with Gasteiger partial charge in [0.05, 0.1) is 0 Å². The fraction of sp³-hybridized carbons (Fsp3) is 0.100. The summed E-state index contributed by atoms with van der Waals surface area (Å²) in [6.07, 6.45) is 4.41. The molecule has 0 atom stereocenters. The Hall–Kier alpha value is -7.42. The standard InChI is InChI=1S/C60H50N2/c1-41(2)48-21-22-53-39-59(34-26-52(53)35-48)61(57-31-23-45-9-5-7-11-50(45)37-57)55-27-15-43(16-28-55)13-14-44-17-29-56(30-18-44)62(58-32-24-46-10-6-8-12-51(46)38-58)60-33-25-47-19-20-49(42(3)4)36-54(47)40-60/h5-42H,1-4H3. The molecule has 0 bridgehead atoms. The molecule has 10 aromatic rings. The maximum absolute atomic E-state index is 2.37. The Morgan fingerprint density at radius 2 is 0.565 bits per heavy atom. The van der Waals surface area contributed by atoms with Gasteiger partial charge in [0, 0.05) is 34.1 Å². The van der Waals surface area contributed by atoms with E-state index in [1.807, 2.05) is 0 Å². The lowest BCUT2D eigenvalue weighted by atomic mass is 9.98. The van der Waals surface area contributed by atoms with Crippen molar-refractivity contribution in [3.63, 3.8) is 0 Å². The summed E-state index contributed by atoms with van der Waals surface area (Å²) in [5.41, 5.74) is 11.8. The van der Waals surface area contributed by atoms with Gasteiger partial charge in [-0.1, -0.05) is 173 Å². The molecule has 0 spiro atoms. The molecular formula is C60H50N2. The number of hydrogen-bond acceptors (Lipinski definition) is 2. The molecule has 0 radical (unpaired) electrons. The number of benzene rings is 10. The van der Waals surface area contributed by atoms with Crippen LogP contribution in [-0.4, -0.2) is 0 Å².